The largest absolute Gasteiger partial charge is 0.450 e. The molecule has 3 N–H and O–H groups in total. The number of sulfonamides is 1. The van der Waals surface area contributed by atoms with Crippen LogP contribution in [-0.2, 0) is 27.6 Å². The van der Waals surface area contributed by atoms with Gasteiger partial charge in [0, 0.05) is 21.2 Å². The fourth-order valence-electron chi connectivity index (χ4n) is 3.78. The van der Waals surface area contributed by atoms with E-state index in [0.29, 0.717) is 16.4 Å². The van der Waals surface area contributed by atoms with E-state index >= 15 is 0 Å². The van der Waals surface area contributed by atoms with Gasteiger partial charge in [-0.25, -0.2) is 13.2 Å². The first-order valence-electron chi connectivity index (χ1n) is 11.0. The van der Waals surface area contributed by atoms with Crippen molar-refractivity contribution in [2.24, 2.45) is 0 Å². The third-order valence-electron chi connectivity index (χ3n) is 5.37. The summed E-state index contributed by atoms with van der Waals surface area (Å²) in [5.74, 6) is -1.18. The number of fused-ring (bicyclic) bond motifs is 1. The zero-order valence-electron chi connectivity index (χ0n) is 19.1. The number of halogens is 1. The molecule has 0 bridgehead atoms. The maximum Gasteiger partial charge on any atom is 0.414 e. The molecule has 0 saturated heterocycles. The summed E-state index contributed by atoms with van der Waals surface area (Å²) in [6.45, 7) is 1.74. The summed E-state index contributed by atoms with van der Waals surface area (Å²) < 4.78 is 32.6. The number of aryl methyl sites for hydroxylation is 1. The van der Waals surface area contributed by atoms with Crippen LogP contribution in [0.2, 0.25) is 5.02 Å². The smallest absolute Gasteiger partial charge is 0.414 e. The molecule has 0 spiro atoms. The second-order valence-corrected chi connectivity index (χ2v) is 11.1. The number of carbonyl (C=O) groups excluding carboxylic acids is 3. The number of carbonyl (C=O) groups is 3. The number of anilines is 2. The topological polar surface area (TPSA) is 131 Å². The van der Waals surface area contributed by atoms with Gasteiger partial charge in [-0.1, -0.05) is 17.7 Å². The fraction of sp³-hybridized carbons (Fsp3) is 0.208. The Balaban J connectivity index is 1.54. The molecule has 0 radical (unpaired) electrons. The van der Waals surface area contributed by atoms with Crippen LogP contribution < -0.4 is 15.4 Å². The van der Waals surface area contributed by atoms with Crippen molar-refractivity contribution in [2.45, 2.75) is 31.1 Å². The van der Waals surface area contributed by atoms with E-state index < -0.39 is 27.9 Å². The Morgan fingerprint density at radius 3 is 2.53 bits per heavy atom. The number of thiophene rings is 1. The van der Waals surface area contributed by atoms with Gasteiger partial charge in [0.25, 0.3) is 21.8 Å². The predicted octanol–water partition coefficient (Wildman–Crippen LogP) is 4.83. The second kappa shape index (κ2) is 10.7. The number of imide groups is 1. The van der Waals surface area contributed by atoms with Gasteiger partial charge in [0.2, 0.25) is 0 Å². The Morgan fingerprint density at radius 1 is 1.06 bits per heavy atom. The van der Waals surface area contributed by atoms with E-state index in [1.807, 2.05) is 0 Å². The molecule has 3 amide bonds. The molecule has 0 fully saturated rings. The molecule has 2 aromatic carbocycles. The van der Waals surface area contributed by atoms with E-state index in [-0.39, 0.29) is 28.3 Å². The molecule has 1 heterocycles. The molecule has 1 aromatic heterocycles. The molecule has 9 nitrogen and oxygen atoms in total. The zero-order chi connectivity index (χ0) is 25.9. The summed E-state index contributed by atoms with van der Waals surface area (Å²) in [5, 5.41) is 5.66. The van der Waals surface area contributed by atoms with Crippen molar-refractivity contribution >= 4 is 61.6 Å². The van der Waals surface area contributed by atoms with Crippen LogP contribution in [0.4, 0.5) is 15.5 Å². The molecule has 0 aliphatic heterocycles. The van der Waals surface area contributed by atoms with E-state index in [0.717, 1.165) is 23.3 Å². The highest BCUT2D eigenvalue weighted by atomic mass is 35.5. The Bertz CT molecular complexity index is 1430. The normalized spacial score (nSPS) is 12.5. The van der Waals surface area contributed by atoms with Gasteiger partial charge in [0.1, 0.15) is 5.00 Å². The highest BCUT2D eigenvalue weighted by Gasteiger charge is 2.29. The Kier molecular flexibility index (Phi) is 7.62. The Labute approximate surface area is 216 Å². The molecule has 0 unspecified atom stereocenters. The number of ether oxygens (including phenoxy) is 1. The third kappa shape index (κ3) is 5.69. The lowest BCUT2D eigenvalue weighted by Crippen LogP contribution is -2.32. The van der Waals surface area contributed by atoms with Crippen LogP contribution in [0.15, 0.2) is 53.4 Å². The number of hydrogen-bond donors (Lipinski definition) is 3. The molecule has 0 atom stereocenters. The number of benzene rings is 2. The van der Waals surface area contributed by atoms with E-state index in [1.165, 1.54) is 59.9 Å². The summed E-state index contributed by atoms with van der Waals surface area (Å²) in [6, 6.07) is 11.7. The van der Waals surface area contributed by atoms with Crippen molar-refractivity contribution < 1.29 is 27.5 Å². The highest BCUT2D eigenvalue weighted by molar-refractivity contribution is 7.92. The molecule has 1 aliphatic rings. The van der Waals surface area contributed by atoms with Crippen molar-refractivity contribution in [3.05, 3.63) is 75.1 Å². The minimum absolute atomic E-state index is 0.0205. The van der Waals surface area contributed by atoms with Crippen LogP contribution in [0.1, 0.15) is 44.5 Å². The average molecular weight is 548 g/mol. The van der Waals surface area contributed by atoms with Crippen LogP contribution in [0.3, 0.4) is 0 Å². The standard InChI is InChI=1S/C24H22ClN3O6S2/c1-2-34-24(31)27-22(30)20-18-7-4-8-19(18)35-23(20)26-21(29)14-5-3-6-16(13-14)28-36(32,33)17-11-9-15(25)10-12-17/h3,5-6,9-13,28H,2,4,7-8H2,1H3,(H,26,29)(H,27,30,31). The van der Waals surface area contributed by atoms with Crippen molar-refractivity contribution in [1.29, 1.82) is 0 Å². The molecular formula is C24H22ClN3O6S2. The molecule has 36 heavy (non-hydrogen) atoms. The van der Waals surface area contributed by atoms with Crippen molar-refractivity contribution in [3.8, 4) is 0 Å². The monoisotopic (exact) mass is 547 g/mol. The van der Waals surface area contributed by atoms with Gasteiger partial charge in [-0.2, -0.15) is 0 Å². The number of hydrogen-bond acceptors (Lipinski definition) is 7. The van der Waals surface area contributed by atoms with Crippen molar-refractivity contribution in [1.82, 2.24) is 5.32 Å². The summed E-state index contributed by atoms with van der Waals surface area (Å²) in [7, 11) is -3.90. The quantitative estimate of drug-likeness (QED) is 0.388. The van der Waals surface area contributed by atoms with Gasteiger partial charge in [-0.05, 0) is 74.2 Å². The molecule has 12 heteroatoms. The molecule has 4 rings (SSSR count). The lowest BCUT2D eigenvalue weighted by atomic mass is 10.1. The lowest BCUT2D eigenvalue weighted by Gasteiger charge is -2.11. The molecule has 3 aromatic rings. The van der Waals surface area contributed by atoms with E-state index in [1.54, 1.807) is 6.92 Å². The number of rotatable bonds is 7. The SMILES string of the molecule is CCOC(=O)NC(=O)c1c(NC(=O)c2cccc(NS(=O)(=O)c3ccc(Cl)cc3)c2)sc2c1CCC2. The van der Waals surface area contributed by atoms with Gasteiger partial charge in [0.05, 0.1) is 17.1 Å². The lowest BCUT2D eigenvalue weighted by molar-refractivity contribution is 0.0925. The minimum Gasteiger partial charge on any atom is -0.450 e. The third-order valence-corrected chi connectivity index (χ3v) is 8.22. The van der Waals surface area contributed by atoms with Crippen LogP contribution in [-0.4, -0.2) is 32.9 Å². The van der Waals surface area contributed by atoms with Crippen LogP contribution in [0.5, 0.6) is 0 Å². The molecule has 1 aliphatic carbocycles. The van der Waals surface area contributed by atoms with Gasteiger partial charge in [-0.15, -0.1) is 11.3 Å². The van der Waals surface area contributed by atoms with Gasteiger partial charge in [-0.3, -0.25) is 19.6 Å². The van der Waals surface area contributed by atoms with Crippen molar-refractivity contribution in [2.75, 3.05) is 16.6 Å². The number of amides is 3. The first kappa shape index (κ1) is 25.7. The number of alkyl carbamates (subject to hydrolysis) is 1. The Hall–Kier alpha value is -3.41. The molecule has 0 saturated carbocycles. The second-order valence-electron chi connectivity index (χ2n) is 7.83. The Morgan fingerprint density at radius 2 is 1.81 bits per heavy atom. The first-order valence-corrected chi connectivity index (χ1v) is 13.7. The summed E-state index contributed by atoms with van der Waals surface area (Å²) in [6.07, 6.45) is 1.45. The maximum atomic E-state index is 13.0. The van der Waals surface area contributed by atoms with Crippen LogP contribution in [0, 0.1) is 0 Å². The van der Waals surface area contributed by atoms with E-state index in [4.69, 9.17) is 16.3 Å². The van der Waals surface area contributed by atoms with Crippen LogP contribution >= 0.6 is 22.9 Å². The molecule has 188 valence electrons. The summed E-state index contributed by atoms with van der Waals surface area (Å²) in [5.41, 5.74) is 1.42. The number of nitrogens with one attached hydrogen (secondary N) is 3. The fourth-order valence-corrected chi connectivity index (χ4v) is 6.24. The van der Waals surface area contributed by atoms with E-state index in [9.17, 15) is 22.8 Å². The first-order chi connectivity index (χ1) is 17.2. The summed E-state index contributed by atoms with van der Waals surface area (Å²) >= 11 is 7.12. The summed E-state index contributed by atoms with van der Waals surface area (Å²) in [4.78, 5) is 38.6. The van der Waals surface area contributed by atoms with E-state index in [2.05, 4.69) is 15.4 Å². The van der Waals surface area contributed by atoms with Gasteiger partial charge in [0.15, 0.2) is 0 Å². The average Bonchev–Trinajstić information content (AvgIpc) is 3.40. The van der Waals surface area contributed by atoms with Gasteiger partial charge < -0.3 is 10.1 Å². The molecular weight excluding hydrogens is 526 g/mol. The predicted molar refractivity (Wildman–Crippen MR) is 137 cm³/mol. The van der Waals surface area contributed by atoms with Gasteiger partial charge >= 0.3 is 6.09 Å². The maximum absolute atomic E-state index is 13.0. The van der Waals surface area contributed by atoms with Crippen LogP contribution in [0.25, 0.3) is 0 Å². The minimum atomic E-state index is -3.90. The zero-order valence-corrected chi connectivity index (χ0v) is 21.5. The highest BCUT2D eigenvalue weighted by Crippen LogP contribution is 2.39. The van der Waals surface area contributed by atoms with Crippen molar-refractivity contribution in [3.63, 3.8) is 0 Å².